The number of benzene rings is 1. The summed E-state index contributed by atoms with van der Waals surface area (Å²) in [7, 11) is 0. The fourth-order valence-corrected chi connectivity index (χ4v) is 3.60. The van der Waals surface area contributed by atoms with E-state index in [9.17, 15) is 4.79 Å². The van der Waals surface area contributed by atoms with Gasteiger partial charge < -0.3 is 4.74 Å². The standard InChI is InChI=1S/C17H20O2/c1-12-5-3-4-6-15(12)14-7-9-17(10-8-14)13(2)11-19-16(17)18/h3-6,14H,2,7-11H2,1H3. The molecule has 3 rings (SSSR count). The van der Waals surface area contributed by atoms with E-state index in [1.165, 1.54) is 11.1 Å². The molecule has 1 heterocycles. The zero-order chi connectivity index (χ0) is 13.5. The molecule has 2 aliphatic rings. The molecule has 0 unspecified atom stereocenters. The Morgan fingerprint density at radius 2 is 1.95 bits per heavy atom. The van der Waals surface area contributed by atoms with Crippen LogP contribution in [0, 0.1) is 12.3 Å². The van der Waals surface area contributed by atoms with Crippen molar-refractivity contribution in [2.24, 2.45) is 5.41 Å². The van der Waals surface area contributed by atoms with E-state index >= 15 is 0 Å². The minimum absolute atomic E-state index is 0.0410. The zero-order valence-corrected chi connectivity index (χ0v) is 11.4. The molecule has 1 aromatic rings. The predicted octanol–water partition coefficient (Wildman–Crippen LogP) is 3.75. The first kappa shape index (κ1) is 12.5. The first-order valence-electron chi connectivity index (χ1n) is 7.04. The van der Waals surface area contributed by atoms with Gasteiger partial charge in [-0.25, -0.2) is 0 Å². The molecule has 1 saturated carbocycles. The summed E-state index contributed by atoms with van der Waals surface area (Å²) in [5, 5.41) is 0. The summed E-state index contributed by atoms with van der Waals surface area (Å²) in [5.74, 6) is 0.536. The van der Waals surface area contributed by atoms with Crippen molar-refractivity contribution in [3.63, 3.8) is 0 Å². The molecular formula is C17H20O2. The molecule has 100 valence electrons. The van der Waals surface area contributed by atoms with E-state index in [-0.39, 0.29) is 11.4 Å². The van der Waals surface area contributed by atoms with Crippen LogP contribution in [0.5, 0.6) is 0 Å². The van der Waals surface area contributed by atoms with Crippen molar-refractivity contribution in [1.29, 1.82) is 0 Å². The quantitative estimate of drug-likeness (QED) is 0.565. The van der Waals surface area contributed by atoms with E-state index in [0.29, 0.717) is 12.5 Å². The average molecular weight is 256 g/mol. The van der Waals surface area contributed by atoms with Gasteiger partial charge in [0.15, 0.2) is 0 Å². The van der Waals surface area contributed by atoms with Crippen molar-refractivity contribution < 1.29 is 9.53 Å². The van der Waals surface area contributed by atoms with Crippen molar-refractivity contribution in [2.75, 3.05) is 6.61 Å². The Bertz CT molecular complexity index is 504. The molecule has 0 atom stereocenters. The molecule has 19 heavy (non-hydrogen) atoms. The summed E-state index contributed by atoms with van der Waals surface area (Å²) in [6.45, 7) is 6.64. The van der Waals surface area contributed by atoms with Gasteiger partial charge in [-0.15, -0.1) is 0 Å². The molecule has 1 aliphatic heterocycles. The lowest BCUT2D eigenvalue weighted by molar-refractivity contribution is -0.147. The SMILES string of the molecule is C=C1COC(=O)C12CCC(c1ccccc1C)CC2. The molecule has 1 spiro atoms. The summed E-state index contributed by atoms with van der Waals surface area (Å²) in [4.78, 5) is 12.0. The number of esters is 1. The monoisotopic (exact) mass is 256 g/mol. The molecule has 1 aliphatic carbocycles. The Hall–Kier alpha value is -1.57. The van der Waals surface area contributed by atoms with Crippen LogP contribution < -0.4 is 0 Å². The second kappa shape index (κ2) is 4.52. The summed E-state index contributed by atoms with van der Waals surface area (Å²) in [6.07, 6.45) is 3.89. The maximum atomic E-state index is 12.0. The number of aryl methyl sites for hydroxylation is 1. The van der Waals surface area contributed by atoms with Gasteiger partial charge >= 0.3 is 5.97 Å². The second-order valence-electron chi connectivity index (χ2n) is 5.89. The Labute approximate surface area is 114 Å². The largest absolute Gasteiger partial charge is 0.460 e. The highest BCUT2D eigenvalue weighted by molar-refractivity contribution is 5.83. The van der Waals surface area contributed by atoms with Crippen LogP contribution in [-0.2, 0) is 9.53 Å². The fraction of sp³-hybridized carbons (Fsp3) is 0.471. The molecule has 2 heteroatoms. The lowest BCUT2D eigenvalue weighted by Gasteiger charge is -2.35. The van der Waals surface area contributed by atoms with Crippen LogP contribution in [0.4, 0.5) is 0 Å². The Morgan fingerprint density at radius 1 is 1.26 bits per heavy atom. The van der Waals surface area contributed by atoms with E-state index in [4.69, 9.17) is 4.74 Å². The lowest BCUT2D eigenvalue weighted by atomic mass is 9.66. The van der Waals surface area contributed by atoms with Crippen LogP contribution in [0.2, 0.25) is 0 Å². The Morgan fingerprint density at radius 3 is 2.53 bits per heavy atom. The van der Waals surface area contributed by atoms with Crippen LogP contribution >= 0.6 is 0 Å². The molecule has 1 aromatic carbocycles. The third kappa shape index (κ3) is 1.90. The second-order valence-corrected chi connectivity index (χ2v) is 5.89. The van der Waals surface area contributed by atoms with Crippen molar-refractivity contribution in [3.05, 3.63) is 47.5 Å². The summed E-state index contributed by atoms with van der Waals surface area (Å²) < 4.78 is 5.18. The van der Waals surface area contributed by atoms with Gasteiger partial charge in [0.1, 0.15) is 6.61 Å². The van der Waals surface area contributed by atoms with E-state index < -0.39 is 0 Å². The van der Waals surface area contributed by atoms with Crippen molar-refractivity contribution in [2.45, 2.75) is 38.5 Å². The first-order chi connectivity index (χ1) is 9.13. The van der Waals surface area contributed by atoms with Gasteiger partial charge in [0.05, 0.1) is 5.41 Å². The topological polar surface area (TPSA) is 26.3 Å². The molecule has 0 radical (unpaired) electrons. The van der Waals surface area contributed by atoms with E-state index in [2.05, 4.69) is 37.8 Å². The van der Waals surface area contributed by atoms with Gasteiger partial charge in [0, 0.05) is 0 Å². The molecule has 0 amide bonds. The lowest BCUT2D eigenvalue weighted by Crippen LogP contribution is -2.32. The number of carbonyl (C=O) groups excluding carboxylic acids is 1. The maximum Gasteiger partial charge on any atom is 0.316 e. The molecule has 2 nitrogen and oxygen atoms in total. The van der Waals surface area contributed by atoms with Crippen LogP contribution in [-0.4, -0.2) is 12.6 Å². The number of hydrogen-bond donors (Lipinski definition) is 0. The number of cyclic esters (lactones) is 1. The van der Waals surface area contributed by atoms with Gasteiger partial charge in [-0.05, 0) is 55.2 Å². The zero-order valence-electron chi connectivity index (χ0n) is 11.4. The Balaban J connectivity index is 1.79. The smallest absolute Gasteiger partial charge is 0.316 e. The van der Waals surface area contributed by atoms with Gasteiger partial charge in [-0.2, -0.15) is 0 Å². The highest BCUT2D eigenvalue weighted by Crippen LogP contribution is 2.50. The number of hydrogen-bond acceptors (Lipinski definition) is 2. The van der Waals surface area contributed by atoms with Crippen LogP contribution in [0.25, 0.3) is 0 Å². The highest BCUT2D eigenvalue weighted by Gasteiger charge is 2.49. The number of ether oxygens (including phenoxy) is 1. The average Bonchev–Trinajstić information content (AvgIpc) is 2.69. The summed E-state index contributed by atoms with van der Waals surface area (Å²) in [6, 6.07) is 8.58. The van der Waals surface area contributed by atoms with Crippen molar-refractivity contribution in [3.8, 4) is 0 Å². The third-order valence-electron chi connectivity index (χ3n) is 4.91. The fourth-order valence-electron chi connectivity index (χ4n) is 3.60. The first-order valence-corrected chi connectivity index (χ1v) is 7.04. The van der Waals surface area contributed by atoms with Gasteiger partial charge in [0.25, 0.3) is 0 Å². The maximum absolute atomic E-state index is 12.0. The minimum Gasteiger partial charge on any atom is -0.460 e. The third-order valence-corrected chi connectivity index (χ3v) is 4.91. The molecule has 0 bridgehead atoms. The van der Waals surface area contributed by atoms with Crippen molar-refractivity contribution in [1.82, 2.24) is 0 Å². The molecule has 0 N–H and O–H groups in total. The molecule has 0 aromatic heterocycles. The summed E-state index contributed by atoms with van der Waals surface area (Å²) >= 11 is 0. The van der Waals surface area contributed by atoms with Gasteiger partial charge in [-0.3, -0.25) is 4.79 Å². The van der Waals surface area contributed by atoms with E-state index in [0.717, 1.165) is 31.3 Å². The number of rotatable bonds is 1. The van der Waals surface area contributed by atoms with E-state index in [1.807, 2.05) is 0 Å². The van der Waals surface area contributed by atoms with Crippen molar-refractivity contribution >= 4 is 5.97 Å². The van der Waals surface area contributed by atoms with Crippen LogP contribution in [0.1, 0.15) is 42.7 Å². The molecule has 1 saturated heterocycles. The minimum atomic E-state index is -0.362. The Kier molecular flexibility index (Phi) is 2.96. The van der Waals surface area contributed by atoms with E-state index in [1.54, 1.807) is 0 Å². The summed E-state index contributed by atoms with van der Waals surface area (Å²) in [5.41, 5.74) is 3.42. The van der Waals surface area contributed by atoms with Gasteiger partial charge in [-0.1, -0.05) is 30.8 Å². The van der Waals surface area contributed by atoms with Crippen LogP contribution in [0.3, 0.4) is 0 Å². The molecule has 2 fully saturated rings. The predicted molar refractivity (Wildman–Crippen MR) is 74.9 cm³/mol. The normalized spacial score (nSPS) is 30.7. The van der Waals surface area contributed by atoms with Crippen LogP contribution in [0.15, 0.2) is 36.4 Å². The highest BCUT2D eigenvalue weighted by atomic mass is 16.5. The number of carbonyl (C=O) groups is 1. The molecular weight excluding hydrogens is 236 g/mol. The van der Waals surface area contributed by atoms with Gasteiger partial charge in [0.2, 0.25) is 0 Å².